The van der Waals surface area contributed by atoms with Gasteiger partial charge in [-0.25, -0.2) is 4.98 Å². The lowest BCUT2D eigenvalue weighted by Gasteiger charge is -2.17. The van der Waals surface area contributed by atoms with E-state index in [9.17, 15) is 9.59 Å². The zero-order valence-electron chi connectivity index (χ0n) is 17.6. The Hall–Kier alpha value is -3.38. The number of aromatic nitrogens is 2. The van der Waals surface area contributed by atoms with Crippen LogP contribution >= 0.6 is 11.8 Å². The molecule has 1 amide bonds. The molecule has 156 valence electrons. The van der Waals surface area contributed by atoms with Crippen LogP contribution in [0.1, 0.15) is 18.1 Å². The first-order valence-electron chi connectivity index (χ1n) is 10.1. The van der Waals surface area contributed by atoms with E-state index in [1.165, 1.54) is 11.8 Å². The number of nitrogens with zero attached hydrogens (tertiary/aromatic N) is 2. The second kappa shape index (κ2) is 8.78. The molecule has 0 bridgehead atoms. The lowest BCUT2D eigenvalue weighted by molar-refractivity contribution is -0.115. The van der Waals surface area contributed by atoms with Gasteiger partial charge in [-0.3, -0.25) is 14.2 Å². The number of amides is 1. The molecule has 4 rings (SSSR count). The summed E-state index contributed by atoms with van der Waals surface area (Å²) in [6.45, 7) is 5.79. The Balaban J connectivity index is 1.72. The Morgan fingerprint density at radius 2 is 1.71 bits per heavy atom. The molecular weight excluding hydrogens is 406 g/mol. The quantitative estimate of drug-likeness (QED) is 0.353. The fraction of sp³-hybridized carbons (Fsp3) is 0.160. The summed E-state index contributed by atoms with van der Waals surface area (Å²) >= 11 is 1.27. The van der Waals surface area contributed by atoms with Gasteiger partial charge < -0.3 is 5.32 Å². The molecule has 0 radical (unpaired) electrons. The van der Waals surface area contributed by atoms with Gasteiger partial charge in [0.05, 0.1) is 21.8 Å². The van der Waals surface area contributed by atoms with Gasteiger partial charge in [-0.05, 0) is 62.7 Å². The first kappa shape index (κ1) is 20.9. The Morgan fingerprint density at radius 1 is 0.968 bits per heavy atom. The van der Waals surface area contributed by atoms with Crippen LogP contribution in [0, 0.1) is 13.8 Å². The van der Waals surface area contributed by atoms with Crippen LogP contribution in [0.2, 0.25) is 0 Å². The van der Waals surface area contributed by atoms with Gasteiger partial charge in [0.2, 0.25) is 5.91 Å². The molecule has 0 saturated heterocycles. The van der Waals surface area contributed by atoms with Crippen molar-refractivity contribution >= 4 is 34.3 Å². The van der Waals surface area contributed by atoms with Crippen molar-refractivity contribution in [2.75, 3.05) is 5.32 Å². The van der Waals surface area contributed by atoms with E-state index < -0.39 is 5.25 Å². The number of carbonyl (C=O) groups excluding carboxylic acids is 1. The summed E-state index contributed by atoms with van der Waals surface area (Å²) in [6.07, 6.45) is 0. The van der Waals surface area contributed by atoms with E-state index in [0.717, 1.165) is 22.5 Å². The van der Waals surface area contributed by atoms with Crippen molar-refractivity contribution in [3.8, 4) is 5.69 Å². The van der Waals surface area contributed by atoms with Crippen LogP contribution in [0.4, 0.5) is 5.69 Å². The molecule has 0 aliphatic carbocycles. The molecule has 1 heterocycles. The number of rotatable bonds is 5. The van der Waals surface area contributed by atoms with E-state index in [2.05, 4.69) is 5.32 Å². The standard InChI is InChI=1S/C25H23N3O2S/c1-16-11-13-20(14-12-16)28-24(30)21-9-4-5-10-22(21)27-25(28)31-18(3)23(29)26-19-8-6-7-17(2)15-19/h4-15,18H,1-3H3,(H,26,29). The van der Waals surface area contributed by atoms with Gasteiger partial charge in [-0.2, -0.15) is 0 Å². The Labute approximate surface area is 185 Å². The lowest BCUT2D eigenvalue weighted by Crippen LogP contribution is -2.26. The maximum absolute atomic E-state index is 13.3. The zero-order valence-corrected chi connectivity index (χ0v) is 18.4. The highest BCUT2D eigenvalue weighted by Crippen LogP contribution is 2.26. The summed E-state index contributed by atoms with van der Waals surface area (Å²) in [5.74, 6) is -0.145. The van der Waals surface area contributed by atoms with E-state index in [1.54, 1.807) is 10.6 Å². The number of carbonyl (C=O) groups is 1. The number of hydrogen-bond acceptors (Lipinski definition) is 4. The molecule has 1 aromatic heterocycles. The molecule has 3 aromatic carbocycles. The van der Waals surface area contributed by atoms with E-state index in [0.29, 0.717) is 16.1 Å². The average Bonchev–Trinajstić information content (AvgIpc) is 2.75. The highest BCUT2D eigenvalue weighted by molar-refractivity contribution is 8.00. The van der Waals surface area contributed by atoms with Crippen LogP contribution in [-0.4, -0.2) is 20.7 Å². The van der Waals surface area contributed by atoms with E-state index in [4.69, 9.17) is 4.98 Å². The molecule has 0 fully saturated rings. The summed E-state index contributed by atoms with van der Waals surface area (Å²) in [5, 5.41) is 3.52. The van der Waals surface area contributed by atoms with Crippen molar-refractivity contribution in [3.05, 3.63) is 94.3 Å². The van der Waals surface area contributed by atoms with E-state index in [1.807, 2.05) is 87.5 Å². The number of benzene rings is 3. The van der Waals surface area contributed by atoms with Gasteiger partial charge in [0, 0.05) is 5.69 Å². The topological polar surface area (TPSA) is 64.0 Å². The van der Waals surface area contributed by atoms with Crippen LogP contribution < -0.4 is 10.9 Å². The maximum Gasteiger partial charge on any atom is 0.266 e. The molecule has 4 aromatic rings. The number of para-hydroxylation sites is 1. The summed E-state index contributed by atoms with van der Waals surface area (Å²) in [7, 11) is 0. The minimum atomic E-state index is -0.453. The van der Waals surface area contributed by atoms with Gasteiger partial charge in [0.1, 0.15) is 0 Å². The Morgan fingerprint density at radius 3 is 2.45 bits per heavy atom. The van der Waals surface area contributed by atoms with Crippen LogP contribution in [0.3, 0.4) is 0 Å². The third-order valence-electron chi connectivity index (χ3n) is 4.97. The van der Waals surface area contributed by atoms with Crippen molar-refractivity contribution in [2.45, 2.75) is 31.2 Å². The highest BCUT2D eigenvalue weighted by Gasteiger charge is 2.20. The fourth-order valence-electron chi connectivity index (χ4n) is 3.29. The van der Waals surface area contributed by atoms with Gasteiger partial charge >= 0.3 is 0 Å². The molecular formula is C25H23N3O2S. The van der Waals surface area contributed by atoms with Crippen LogP contribution in [-0.2, 0) is 4.79 Å². The minimum absolute atomic E-state index is 0.145. The van der Waals surface area contributed by atoms with Crippen molar-refractivity contribution in [3.63, 3.8) is 0 Å². The average molecular weight is 430 g/mol. The van der Waals surface area contributed by atoms with E-state index >= 15 is 0 Å². The predicted octanol–water partition coefficient (Wildman–Crippen LogP) is 5.12. The normalized spacial score (nSPS) is 12.0. The summed E-state index contributed by atoms with van der Waals surface area (Å²) in [4.78, 5) is 30.9. The first-order valence-corrected chi connectivity index (χ1v) is 10.9. The lowest BCUT2D eigenvalue weighted by atomic mass is 10.2. The molecule has 1 N–H and O–H groups in total. The van der Waals surface area contributed by atoms with E-state index in [-0.39, 0.29) is 11.5 Å². The molecule has 0 saturated carbocycles. The largest absolute Gasteiger partial charge is 0.325 e. The third-order valence-corrected chi connectivity index (χ3v) is 6.03. The summed E-state index contributed by atoms with van der Waals surface area (Å²) in [6, 6.07) is 22.7. The first-order chi connectivity index (χ1) is 14.9. The summed E-state index contributed by atoms with van der Waals surface area (Å²) in [5.41, 5.74) is 4.11. The molecule has 31 heavy (non-hydrogen) atoms. The molecule has 0 spiro atoms. The fourth-order valence-corrected chi connectivity index (χ4v) is 4.22. The maximum atomic E-state index is 13.3. The highest BCUT2D eigenvalue weighted by atomic mass is 32.2. The molecule has 6 heteroatoms. The minimum Gasteiger partial charge on any atom is -0.325 e. The van der Waals surface area contributed by atoms with Crippen LogP contribution in [0.5, 0.6) is 0 Å². The zero-order chi connectivity index (χ0) is 22.0. The molecule has 1 unspecified atom stereocenters. The van der Waals surface area contributed by atoms with Crippen molar-refractivity contribution < 1.29 is 4.79 Å². The second-order valence-corrected chi connectivity index (χ2v) is 8.81. The number of hydrogen-bond donors (Lipinski definition) is 1. The van der Waals surface area contributed by atoms with Gasteiger partial charge in [0.15, 0.2) is 5.16 Å². The molecule has 1 atom stereocenters. The number of fused-ring (bicyclic) bond motifs is 1. The number of aryl methyl sites for hydroxylation is 2. The van der Waals surface area contributed by atoms with Crippen LogP contribution in [0.15, 0.2) is 82.7 Å². The van der Waals surface area contributed by atoms with Crippen molar-refractivity contribution in [1.82, 2.24) is 9.55 Å². The monoisotopic (exact) mass is 429 g/mol. The van der Waals surface area contributed by atoms with Gasteiger partial charge in [0.25, 0.3) is 5.56 Å². The number of nitrogens with one attached hydrogen (secondary N) is 1. The molecule has 0 aliphatic rings. The Bertz CT molecular complexity index is 1310. The number of thioether (sulfide) groups is 1. The predicted molar refractivity (Wildman–Crippen MR) is 127 cm³/mol. The number of anilines is 1. The SMILES string of the molecule is Cc1ccc(-n2c(SC(C)C(=O)Nc3cccc(C)c3)nc3ccccc3c2=O)cc1. The third kappa shape index (κ3) is 4.54. The molecule has 0 aliphatic heterocycles. The van der Waals surface area contributed by atoms with Crippen molar-refractivity contribution in [1.29, 1.82) is 0 Å². The van der Waals surface area contributed by atoms with Crippen LogP contribution in [0.25, 0.3) is 16.6 Å². The van der Waals surface area contributed by atoms with Crippen molar-refractivity contribution in [2.24, 2.45) is 0 Å². The smallest absolute Gasteiger partial charge is 0.266 e. The Kier molecular flexibility index (Phi) is 5.91. The van der Waals surface area contributed by atoms with Gasteiger partial charge in [-0.15, -0.1) is 0 Å². The second-order valence-electron chi connectivity index (χ2n) is 7.51. The van der Waals surface area contributed by atoms with Gasteiger partial charge in [-0.1, -0.05) is 53.7 Å². The summed E-state index contributed by atoms with van der Waals surface area (Å²) < 4.78 is 1.59. The molecule has 5 nitrogen and oxygen atoms in total.